The number of thiophene rings is 1. The van der Waals surface area contributed by atoms with E-state index < -0.39 is 0 Å². The fraction of sp³-hybridized carbons (Fsp3) is 0.0938. The normalized spacial score (nSPS) is 14.4. The lowest BCUT2D eigenvalue weighted by Crippen LogP contribution is -2.16. The smallest absolute Gasteiger partial charge is 0.0443 e. The Kier molecular flexibility index (Phi) is 7.49. The van der Waals surface area contributed by atoms with Gasteiger partial charge in [-0.25, -0.2) is 0 Å². The van der Waals surface area contributed by atoms with Gasteiger partial charge in [-0.3, -0.25) is 0 Å². The molecule has 2 aliphatic rings. The summed E-state index contributed by atoms with van der Waals surface area (Å²) >= 11 is 1.95. The van der Waals surface area contributed by atoms with Gasteiger partial charge in [0.15, 0.2) is 0 Å². The summed E-state index contributed by atoms with van der Waals surface area (Å²) < 4.78 is 2.77. The van der Waals surface area contributed by atoms with Gasteiger partial charge in [0.25, 0.3) is 0 Å². The maximum Gasteiger partial charge on any atom is 0.0443 e. The van der Waals surface area contributed by atoms with Crippen molar-refractivity contribution in [2.24, 2.45) is 0 Å². The third-order valence-electron chi connectivity index (χ3n) is 15.4. The van der Waals surface area contributed by atoms with E-state index in [0.717, 1.165) is 0 Å². The number of benzene rings is 11. The molecule has 0 saturated heterocycles. The minimum atomic E-state index is -0.158. The van der Waals surface area contributed by atoms with Gasteiger partial charge >= 0.3 is 0 Å². The van der Waals surface area contributed by atoms with Gasteiger partial charge in [0.2, 0.25) is 0 Å². The van der Waals surface area contributed by atoms with Crippen molar-refractivity contribution in [1.82, 2.24) is 0 Å². The Morgan fingerprint density at radius 3 is 1.57 bits per heavy atom. The molecule has 1 aromatic heterocycles. The summed E-state index contributed by atoms with van der Waals surface area (Å²) in [5.74, 6) is 0. The zero-order valence-electron chi connectivity index (χ0n) is 36.9. The van der Waals surface area contributed by atoms with Crippen LogP contribution in [0.4, 0.5) is 0 Å². The SMILES string of the molecule is CC1(C)c2ccc(-c3c4ccccc4c(-c4cccc5ccccc45)c4ccccc34)cc2-c2ccc(-c3ccc4c(c3)C(C)(C)c3c-4c4sc5ccccc5c4c4ccccc34)cc21. The topological polar surface area (TPSA) is 0 Å². The second-order valence-electron chi connectivity index (χ2n) is 19.5. The molecule has 306 valence electrons. The quantitative estimate of drug-likeness (QED) is 0.155. The van der Waals surface area contributed by atoms with Crippen LogP contribution in [0.3, 0.4) is 0 Å². The summed E-state index contributed by atoms with van der Waals surface area (Å²) in [7, 11) is 0. The average Bonchev–Trinajstić information content (AvgIpc) is 3.92. The van der Waals surface area contributed by atoms with E-state index in [1.54, 1.807) is 0 Å². The first-order valence-corrected chi connectivity index (χ1v) is 23.8. The molecule has 0 aliphatic heterocycles. The zero-order valence-corrected chi connectivity index (χ0v) is 37.7. The van der Waals surface area contributed by atoms with Crippen LogP contribution < -0.4 is 0 Å². The molecule has 0 radical (unpaired) electrons. The van der Waals surface area contributed by atoms with Crippen LogP contribution in [-0.2, 0) is 10.8 Å². The molecule has 11 aromatic carbocycles. The van der Waals surface area contributed by atoms with Gasteiger partial charge in [-0.1, -0.05) is 198 Å². The van der Waals surface area contributed by atoms with E-state index in [1.807, 2.05) is 11.3 Å². The van der Waals surface area contributed by atoms with Crippen LogP contribution in [0.15, 0.2) is 194 Å². The minimum absolute atomic E-state index is 0.153. The van der Waals surface area contributed by atoms with Crippen molar-refractivity contribution in [2.75, 3.05) is 0 Å². The summed E-state index contributed by atoms with van der Waals surface area (Å²) in [6.07, 6.45) is 0. The number of hydrogen-bond acceptors (Lipinski definition) is 1. The van der Waals surface area contributed by atoms with Crippen molar-refractivity contribution in [1.29, 1.82) is 0 Å². The van der Waals surface area contributed by atoms with Gasteiger partial charge in [-0.2, -0.15) is 0 Å². The van der Waals surface area contributed by atoms with Gasteiger partial charge in [0.05, 0.1) is 0 Å². The highest BCUT2D eigenvalue weighted by atomic mass is 32.1. The van der Waals surface area contributed by atoms with Gasteiger partial charge < -0.3 is 0 Å². The Hall–Kier alpha value is -7.32. The van der Waals surface area contributed by atoms with E-state index in [4.69, 9.17) is 0 Å². The standard InChI is InChI=1S/C64H44S/c1-63(2)53-33-30-40(57-44-19-7-9-21-46(44)58(47-22-10-8-20-45(47)57)43-26-15-17-37-16-5-6-18-41(37)43)34-52(53)42-31-28-38(35-54(42)63)39-29-32-50-55(36-39)64(3,4)61-49-24-12-11-23-48(49)59-51-25-13-14-27-56(51)65-62(59)60(50)61/h5-36H,1-4H3. The van der Waals surface area contributed by atoms with Crippen LogP contribution in [0.5, 0.6) is 0 Å². The molecule has 0 fully saturated rings. The van der Waals surface area contributed by atoms with Crippen molar-refractivity contribution in [3.05, 3.63) is 216 Å². The molecule has 65 heavy (non-hydrogen) atoms. The first kappa shape index (κ1) is 37.1. The van der Waals surface area contributed by atoms with Crippen molar-refractivity contribution in [2.45, 2.75) is 38.5 Å². The molecule has 12 aromatic rings. The lowest BCUT2D eigenvalue weighted by Gasteiger charge is -2.24. The molecule has 0 atom stereocenters. The minimum Gasteiger partial charge on any atom is -0.134 e. The third-order valence-corrected chi connectivity index (χ3v) is 16.6. The van der Waals surface area contributed by atoms with Crippen molar-refractivity contribution in [3.8, 4) is 55.6 Å². The number of hydrogen-bond donors (Lipinski definition) is 0. The highest BCUT2D eigenvalue weighted by Gasteiger charge is 2.40. The van der Waals surface area contributed by atoms with E-state index in [0.29, 0.717) is 0 Å². The predicted molar refractivity (Wildman–Crippen MR) is 281 cm³/mol. The largest absolute Gasteiger partial charge is 0.134 e. The molecule has 0 unspecified atom stereocenters. The van der Waals surface area contributed by atoms with E-state index in [9.17, 15) is 0 Å². The predicted octanol–water partition coefficient (Wildman–Crippen LogP) is 18.3. The second kappa shape index (κ2) is 13.1. The van der Waals surface area contributed by atoms with Crippen LogP contribution in [0.25, 0.3) is 119 Å². The maximum absolute atomic E-state index is 2.51. The second-order valence-corrected chi connectivity index (χ2v) is 20.5. The third kappa shape index (κ3) is 4.97. The molecule has 0 amide bonds. The van der Waals surface area contributed by atoms with Crippen molar-refractivity contribution in [3.63, 3.8) is 0 Å². The van der Waals surface area contributed by atoms with Gasteiger partial charge in [-0.15, -0.1) is 11.3 Å². The summed E-state index contributed by atoms with van der Waals surface area (Å²) in [6.45, 7) is 9.71. The molecule has 0 N–H and O–H groups in total. The molecule has 0 saturated carbocycles. The molecule has 0 spiro atoms. The lowest BCUT2D eigenvalue weighted by molar-refractivity contribution is 0.660. The van der Waals surface area contributed by atoms with E-state index >= 15 is 0 Å². The van der Waals surface area contributed by atoms with Gasteiger partial charge in [0, 0.05) is 36.6 Å². The highest BCUT2D eigenvalue weighted by Crippen LogP contribution is 2.58. The first-order valence-electron chi connectivity index (χ1n) is 23.0. The van der Waals surface area contributed by atoms with Crippen molar-refractivity contribution < 1.29 is 0 Å². The molecule has 0 nitrogen and oxygen atoms in total. The molecule has 0 bridgehead atoms. The van der Waals surface area contributed by atoms with Crippen LogP contribution in [-0.4, -0.2) is 0 Å². The Balaban J connectivity index is 0.912. The average molecular weight is 845 g/mol. The summed E-state index contributed by atoms with van der Waals surface area (Å²) in [6, 6.07) is 73.5. The Bertz CT molecular complexity index is 4000. The van der Waals surface area contributed by atoms with Crippen LogP contribution in [0.1, 0.15) is 49.9 Å². The molecule has 2 aliphatic carbocycles. The zero-order chi connectivity index (χ0) is 43.3. The van der Waals surface area contributed by atoms with E-state index in [-0.39, 0.29) is 10.8 Å². The molecule has 1 heterocycles. The van der Waals surface area contributed by atoms with Crippen LogP contribution in [0.2, 0.25) is 0 Å². The van der Waals surface area contributed by atoms with E-state index in [1.165, 1.54) is 141 Å². The first-order chi connectivity index (χ1) is 31.8. The fourth-order valence-electron chi connectivity index (χ4n) is 12.4. The van der Waals surface area contributed by atoms with Crippen LogP contribution >= 0.6 is 11.3 Å². The van der Waals surface area contributed by atoms with Gasteiger partial charge in [0.1, 0.15) is 0 Å². The fourth-order valence-corrected chi connectivity index (χ4v) is 13.7. The summed E-state index contributed by atoms with van der Waals surface area (Å²) in [5.41, 5.74) is 18.5. The van der Waals surface area contributed by atoms with E-state index in [2.05, 4.69) is 222 Å². The number of rotatable bonds is 3. The molecular weight excluding hydrogens is 801 g/mol. The molecule has 1 heteroatoms. The lowest BCUT2D eigenvalue weighted by atomic mass is 9.78. The maximum atomic E-state index is 2.51. The monoisotopic (exact) mass is 844 g/mol. The Morgan fingerprint density at radius 1 is 0.323 bits per heavy atom. The number of fused-ring (bicyclic) bond motifs is 16. The Morgan fingerprint density at radius 2 is 0.862 bits per heavy atom. The summed E-state index contributed by atoms with van der Waals surface area (Å²) in [4.78, 5) is 0. The van der Waals surface area contributed by atoms with Gasteiger partial charge in [-0.05, 0) is 140 Å². The molecular formula is C64H44S. The highest BCUT2D eigenvalue weighted by molar-refractivity contribution is 7.26. The van der Waals surface area contributed by atoms with Crippen LogP contribution in [0, 0.1) is 0 Å². The summed E-state index contributed by atoms with van der Waals surface area (Å²) in [5, 5.41) is 13.2. The molecule has 14 rings (SSSR count). The Labute approximate surface area is 383 Å². The van der Waals surface area contributed by atoms with Crippen molar-refractivity contribution >= 4 is 74.6 Å².